The highest BCUT2D eigenvalue weighted by molar-refractivity contribution is 7.07. The number of esters is 1. The Balaban J connectivity index is 0.00000320. The molecule has 0 aliphatic carbocycles. The molecule has 2 aromatic carbocycles. The molecule has 1 unspecified atom stereocenters. The second-order valence-corrected chi connectivity index (χ2v) is 9.14. The number of aromatic nitrogens is 4. The van der Waals surface area contributed by atoms with Crippen molar-refractivity contribution >= 4 is 35.8 Å². The molecule has 5 rings (SSSR count). The summed E-state index contributed by atoms with van der Waals surface area (Å²) in [4.78, 5) is 31.9. The first-order valence-electron chi connectivity index (χ1n) is 11.5. The average Bonchev–Trinajstić information content (AvgIpc) is 3.49. The van der Waals surface area contributed by atoms with Gasteiger partial charge >= 0.3 is 5.97 Å². The smallest absolute Gasteiger partial charge is 0.338 e. The second kappa shape index (κ2) is 11.0. The van der Waals surface area contributed by atoms with E-state index in [4.69, 9.17) is 10.5 Å². The zero-order valence-corrected chi connectivity index (χ0v) is 21.8. The first kappa shape index (κ1) is 26.2. The Kier molecular flexibility index (Phi) is 7.82. The summed E-state index contributed by atoms with van der Waals surface area (Å²) in [6.07, 6.45) is 3.58. The third-order valence-electron chi connectivity index (χ3n) is 5.85. The highest BCUT2D eigenvalue weighted by Gasteiger charge is 2.33. The molecule has 190 valence electrons. The Labute approximate surface area is 222 Å². The Morgan fingerprint density at radius 3 is 2.59 bits per heavy atom. The van der Waals surface area contributed by atoms with Crippen molar-refractivity contribution in [3.63, 3.8) is 0 Å². The molecule has 4 aromatic rings. The lowest BCUT2D eigenvalue weighted by molar-refractivity contribution is -0.139. The minimum atomic E-state index is -0.638. The molecule has 0 bridgehead atoms. The van der Waals surface area contributed by atoms with Gasteiger partial charge in [-0.15, -0.1) is 17.5 Å². The number of hydrogen-bond donors (Lipinski definition) is 1. The van der Waals surface area contributed by atoms with Gasteiger partial charge < -0.3 is 10.5 Å². The van der Waals surface area contributed by atoms with Gasteiger partial charge in [0.2, 0.25) is 0 Å². The predicted molar refractivity (Wildman–Crippen MR) is 143 cm³/mol. The molecule has 9 nitrogen and oxygen atoms in total. The molecule has 0 spiro atoms. The zero-order chi connectivity index (χ0) is 25.2. The monoisotopic (exact) mass is 536 g/mol. The van der Waals surface area contributed by atoms with E-state index in [1.54, 1.807) is 29.3 Å². The first-order valence-corrected chi connectivity index (χ1v) is 12.3. The fraction of sp³-hybridized carbons (Fsp3) is 0.192. The van der Waals surface area contributed by atoms with Crippen LogP contribution in [-0.2, 0) is 16.1 Å². The zero-order valence-electron chi connectivity index (χ0n) is 20.2. The van der Waals surface area contributed by atoms with Gasteiger partial charge in [0, 0.05) is 12.1 Å². The number of nitrogens with two attached hydrogens (primary N) is 1. The van der Waals surface area contributed by atoms with Gasteiger partial charge in [0.15, 0.2) is 4.80 Å². The SMILES string of the molecule is CCOC(=O)C1=C(C)N=c2s/c(=C\c3ccccc3-n3cc(CN)nn3)c(=O)n2C1c1ccccc1.Cl. The van der Waals surface area contributed by atoms with Gasteiger partial charge in [-0.05, 0) is 31.6 Å². The van der Waals surface area contributed by atoms with Crippen LogP contribution in [0.5, 0.6) is 0 Å². The molecule has 37 heavy (non-hydrogen) atoms. The van der Waals surface area contributed by atoms with Crippen LogP contribution in [0.25, 0.3) is 11.8 Å². The molecule has 1 aliphatic rings. The van der Waals surface area contributed by atoms with Crippen molar-refractivity contribution in [1.82, 2.24) is 19.6 Å². The number of hydrogen-bond acceptors (Lipinski definition) is 8. The quantitative estimate of drug-likeness (QED) is 0.378. The summed E-state index contributed by atoms with van der Waals surface area (Å²) in [6.45, 7) is 4.03. The maximum Gasteiger partial charge on any atom is 0.338 e. The fourth-order valence-corrected chi connectivity index (χ4v) is 5.25. The third-order valence-corrected chi connectivity index (χ3v) is 6.84. The van der Waals surface area contributed by atoms with E-state index in [0.717, 1.165) is 16.8 Å². The first-order chi connectivity index (χ1) is 17.5. The van der Waals surface area contributed by atoms with E-state index in [2.05, 4.69) is 15.3 Å². The van der Waals surface area contributed by atoms with E-state index in [9.17, 15) is 9.59 Å². The highest BCUT2D eigenvalue weighted by Crippen LogP contribution is 2.30. The standard InChI is InChI=1S/C26H24N6O3S.ClH/c1-3-35-25(34)22-16(2)28-26-32(23(22)17-9-5-4-6-10-17)24(33)21(36-26)13-18-11-7-8-12-20(18)31-15-19(14-27)29-30-31;/h4-13,15,23H,3,14,27H2,1-2H3;1H/b21-13-;. The van der Waals surface area contributed by atoms with Crippen molar-refractivity contribution in [1.29, 1.82) is 0 Å². The molecule has 0 saturated heterocycles. The van der Waals surface area contributed by atoms with Crippen LogP contribution in [0.2, 0.25) is 0 Å². The Bertz CT molecular complexity index is 1660. The molecule has 1 aliphatic heterocycles. The van der Waals surface area contributed by atoms with Gasteiger partial charge in [0.25, 0.3) is 5.56 Å². The minimum absolute atomic E-state index is 0. The van der Waals surface area contributed by atoms with E-state index in [1.165, 1.54) is 11.3 Å². The van der Waals surface area contributed by atoms with Crippen LogP contribution in [0.3, 0.4) is 0 Å². The largest absolute Gasteiger partial charge is 0.463 e. The van der Waals surface area contributed by atoms with Crippen LogP contribution in [0.1, 0.15) is 36.7 Å². The van der Waals surface area contributed by atoms with Crippen LogP contribution in [0.15, 0.2) is 81.9 Å². The highest BCUT2D eigenvalue weighted by atomic mass is 35.5. The topological polar surface area (TPSA) is 117 Å². The number of fused-ring (bicyclic) bond motifs is 1. The lowest BCUT2D eigenvalue weighted by atomic mass is 9.96. The van der Waals surface area contributed by atoms with E-state index in [1.807, 2.05) is 60.7 Å². The van der Waals surface area contributed by atoms with Crippen LogP contribution in [-0.4, -0.2) is 32.1 Å². The fourth-order valence-electron chi connectivity index (χ4n) is 4.21. The average molecular weight is 537 g/mol. The summed E-state index contributed by atoms with van der Waals surface area (Å²) >= 11 is 1.28. The maximum absolute atomic E-state index is 13.8. The number of ether oxygens (including phenoxy) is 1. The van der Waals surface area contributed by atoms with Crippen molar-refractivity contribution in [3.05, 3.63) is 109 Å². The number of benzene rings is 2. The molecule has 0 radical (unpaired) electrons. The molecule has 11 heteroatoms. The number of halogens is 1. The molecular weight excluding hydrogens is 512 g/mol. The van der Waals surface area contributed by atoms with Crippen molar-refractivity contribution in [2.75, 3.05) is 6.61 Å². The molecule has 2 aromatic heterocycles. The van der Waals surface area contributed by atoms with E-state index in [-0.39, 0.29) is 31.1 Å². The van der Waals surface area contributed by atoms with Crippen LogP contribution >= 0.6 is 23.7 Å². The summed E-state index contributed by atoms with van der Waals surface area (Å²) < 4.78 is 9.04. The minimum Gasteiger partial charge on any atom is -0.463 e. The van der Waals surface area contributed by atoms with Crippen molar-refractivity contribution in [2.24, 2.45) is 10.7 Å². The molecule has 0 saturated carbocycles. The summed E-state index contributed by atoms with van der Waals surface area (Å²) in [7, 11) is 0. The predicted octanol–water partition coefficient (Wildman–Crippen LogP) is 2.26. The Morgan fingerprint density at radius 2 is 1.89 bits per heavy atom. The van der Waals surface area contributed by atoms with Gasteiger partial charge in [-0.1, -0.05) is 65.1 Å². The van der Waals surface area contributed by atoms with E-state index >= 15 is 0 Å². The lowest BCUT2D eigenvalue weighted by Gasteiger charge is -2.24. The number of para-hydroxylation sites is 1. The molecule has 0 fully saturated rings. The van der Waals surface area contributed by atoms with Crippen molar-refractivity contribution < 1.29 is 9.53 Å². The summed E-state index contributed by atoms with van der Waals surface area (Å²) in [5.41, 5.74) is 9.36. The number of thiazole rings is 1. The Morgan fingerprint density at radius 1 is 1.16 bits per heavy atom. The van der Waals surface area contributed by atoms with Crippen LogP contribution < -0.4 is 20.6 Å². The Hall–Kier alpha value is -3.86. The number of carbonyl (C=O) groups is 1. The van der Waals surface area contributed by atoms with Gasteiger partial charge in [0.1, 0.15) is 0 Å². The number of allylic oxidation sites excluding steroid dienone is 1. The number of rotatable bonds is 6. The third kappa shape index (κ3) is 4.91. The summed E-state index contributed by atoms with van der Waals surface area (Å²) in [6, 6.07) is 16.4. The van der Waals surface area contributed by atoms with Crippen LogP contribution in [0.4, 0.5) is 0 Å². The molecule has 1 atom stereocenters. The molecular formula is C26H25ClN6O3S. The van der Waals surface area contributed by atoms with Gasteiger partial charge in [-0.2, -0.15) is 0 Å². The van der Waals surface area contributed by atoms with Crippen molar-refractivity contribution in [2.45, 2.75) is 26.4 Å². The van der Waals surface area contributed by atoms with Gasteiger partial charge in [0.05, 0.1) is 46.0 Å². The molecule has 3 heterocycles. The van der Waals surface area contributed by atoms with Crippen molar-refractivity contribution in [3.8, 4) is 5.69 Å². The van der Waals surface area contributed by atoms with E-state index < -0.39 is 12.0 Å². The molecule has 2 N–H and O–H groups in total. The summed E-state index contributed by atoms with van der Waals surface area (Å²) in [5, 5.41) is 8.23. The maximum atomic E-state index is 13.8. The second-order valence-electron chi connectivity index (χ2n) is 8.13. The van der Waals surface area contributed by atoms with E-state index in [0.29, 0.717) is 26.3 Å². The lowest BCUT2D eigenvalue weighted by Crippen LogP contribution is -2.39. The van der Waals surface area contributed by atoms with Crippen LogP contribution in [0, 0.1) is 0 Å². The normalized spacial score (nSPS) is 15.1. The van der Waals surface area contributed by atoms with Gasteiger partial charge in [-0.25, -0.2) is 14.5 Å². The number of carbonyl (C=O) groups excluding carboxylic acids is 1. The number of nitrogens with zero attached hydrogens (tertiary/aromatic N) is 5. The van der Waals surface area contributed by atoms with Gasteiger partial charge in [-0.3, -0.25) is 9.36 Å². The molecule has 0 amide bonds. The summed E-state index contributed by atoms with van der Waals surface area (Å²) in [5.74, 6) is -0.478.